The number of hydrogen-bond acceptors (Lipinski definition) is 0. The summed E-state index contributed by atoms with van der Waals surface area (Å²) < 4.78 is 0. The summed E-state index contributed by atoms with van der Waals surface area (Å²) >= 11 is 0. The molecule has 0 saturated carbocycles. The van der Waals surface area contributed by atoms with Crippen LogP contribution in [0, 0.1) is 17.8 Å². The minimum atomic E-state index is 0.895. The quantitative estimate of drug-likeness (QED) is 0.411. The highest BCUT2D eigenvalue weighted by atomic mass is 14.1. The normalized spacial score (nSPS) is 16.9. The van der Waals surface area contributed by atoms with Gasteiger partial charge in [-0.05, 0) is 12.3 Å². The molecule has 0 aromatic rings. The lowest BCUT2D eigenvalue weighted by atomic mass is 9.99. The van der Waals surface area contributed by atoms with Gasteiger partial charge in [0.05, 0.1) is 0 Å². The molecule has 0 aliphatic heterocycles. The van der Waals surface area contributed by atoms with Crippen LogP contribution < -0.4 is 0 Å². The van der Waals surface area contributed by atoms with Crippen molar-refractivity contribution in [1.29, 1.82) is 0 Å². The number of rotatable bonds is 4. The average Bonchev–Trinajstić information content (AvgIpc) is 2.41. The van der Waals surface area contributed by atoms with E-state index in [0.29, 0.717) is 0 Å². The van der Waals surface area contributed by atoms with Gasteiger partial charge >= 0.3 is 0 Å². The van der Waals surface area contributed by atoms with E-state index in [-0.39, 0.29) is 0 Å². The van der Waals surface area contributed by atoms with Crippen molar-refractivity contribution in [3.63, 3.8) is 0 Å². The molecule has 1 aliphatic carbocycles. The van der Waals surface area contributed by atoms with Gasteiger partial charge < -0.3 is 0 Å². The fourth-order valence-electron chi connectivity index (χ4n) is 1.39. The van der Waals surface area contributed by atoms with E-state index >= 15 is 0 Å². The Kier molecular flexibility index (Phi) is 3.36. The van der Waals surface area contributed by atoms with E-state index in [4.69, 9.17) is 0 Å². The van der Waals surface area contributed by atoms with Crippen molar-refractivity contribution in [3.8, 4) is 11.8 Å². The van der Waals surface area contributed by atoms with Crippen LogP contribution >= 0.6 is 0 Å². The Morgan fingerprint density at radius 3 is 2.50 bits per heavy atom. The molecule has 56 valence electrons. The molecule has 1 aliphatic rings. The van der Waals surface area contributed by atoms with Gasteiger partial charge in [-0.2, -0.15) is 0 Å². The third kappa shape index (κ3) is 2.43. The van der Waals surface area contributed by atoms with Gasteiger partial charge in [-0.1, -0.05) is 26.2 Å². The smallest absolute Gasteiger partial charge is 0.0126 e. The van der Waals surface area contributed by atoms with E-state index in [1.54, 1.807) is 0 Å². The Morgan fingerprint density at radius 2 is 1.90 bits per heavy atom. The standard InChI is InChI=1S/C10H16/c1-2-3-4-7-10-8-5-6-9-10/h10H,2-4,7-9H2,1H3. The SMILES string of the molecule is CCCCCC1CC#CC1. The van der Waals surface area contributed by atoms with Crippen molar-refractivity contribution >= 4 is 0 Å². The maximum atomic E-state index is 3.15. The fraction of sp³-hybridized carbons (Fsp3) is 0.800. The van der Waals surface area contributed by atoms with Gasteiger partial charge in [-0.3, -0.25) is 0 Å². The van der Waals surface area contributed by atoms with Gasteiger partial charge in [-0.15, -0.1) is 11.8 Å². The van der Waals surface area contributed by atoms with Gasteiger partial charge in [0.15, 0.2) is 0 Å². The third-order valence-electron chi connectivity index (χ3n) is 2.12. The highest BCUT2D eigenvalue weighted by Crippen LogP contribution is 2.19. The second-order valence-electron chi connectivity index (χ2n) is 3.12. The van der Waals surface area contributed by atoms with Crippen molar-refractivity contribution in [2.24, 2.45) is 5.92 Å². The van der Waals surface area contributed by atoms with Crippen LogP contribution in [0.3, 0.4) is 0 Å². The van der Waals surface area contributed by atoms with Gasteiger partial charge in [0.1, 0.15) is 0 Å². The molecule has 0 N–H and O–H groups in total. The van der Waals surface area contributed by atoms with Crippen molar-refractivity contribution in [2.45, 2.75) is 45.4 Å². The zero-order valence-corrected chi connectivity index (χ0v) is 6.82. The summed E-state index contributed by atoms with van der Waals surface area (Å²) in [7, 11) is 0. The van der Waals surface area contributed by atoms with Crippen molar-refractivity contribution in [3.05, 3.63) is 0 Å². The first-order valence-corrected chi connectivity index (χ1v) is 4.39. The predicted octanol–water partition coefficient (Wildman–Crippen LogP) is 2.98. The molecule has 0 unspecified atom stereocenters. The monoisotopic (exact) mass is 136 g/mol. The van der Waals surface area contributed by atoms with Crippen LogP contribution in [-0.2, 0) is 0 Å². The van der Waals surface area contributed by atoms with Crippen molar-refractivity contribution < 1.29 is 0 Å². The predicted molar refractivity (Wildman–Crippen MR) is 44.6 cm³/mol. The first-order valence-electron chi connectivity index (χ1n) is 4.39. The summed E-state index contributed by atoms with van der Waals surface area (Å²) in [6.45, 7) is 2.26. The molecule has 10 heavy (non-hydrogen) atoms. The molecule has 0 nitrogen and oxygen atoms in total. The van der Waals surface area contributed by atoms with Crippen LogP contribution in [0.4, 0.5) is 0 Å². The summed E-state index contributed by atoms with van der Waals surface area (Å²) in [5.41, 5.74) is 0. The molecule has 0 amide bonds. The van der Waals surface area contributed by atoms with Gasteiger partial charge in [0, 0.05) is 12.8 Å². The van der Waals surface area contributed by atoms with Gasteiger partial charge in [-0.25, -0.2) is 0 Å². The molecule has 0 heterocycles. The van der Waals surface area contributed by atoms with E-state index < -0.39 is 0 Å². The molecule has 0 radical (unpaired) electrons. The molecule has 0 aromatic carbocycles. The Bertz CT molecular complexity index is 126. The molecular weight excluding hydrogens is 120 g/mol. The molecule has 0 fully saturated rings. The summed E-state index contributed by atoms with van der Waals surface area (Å²) in [5, 5.41) is 0. The zero-order valence-electron chi connectivity index (χ0n) is 6.82. The number of unbranched alkanes of at least 4 members (excludes halogenated alkanes) is 2. The zero-order chi connectivity index (χ0) is 7.23. The van der Waals surface area contributed by atoms with Crippen LogP contribution in [-0.4, -0.2) is 0 Å². The molecule has 1 rings (SSSR count). The minimum absolute atomic E-state index is 0.895. The Hall–Kier alpha value is -0.440. The molecular formula is C10H16. The topological polar surface area (TPSA) is 0 Å². The highest BCUT2D eigenvalue weighted by Gasteiger charge is 2.08. The molecule has 0 heteroatoms. The Balaban J connectivity index is 1.94. The Labute approximate surface area is 64.0 Å². The van der Waals surface area contributed by atoms with Gasteiger partial charge in [0.2, 0.25) is 0 Å². The first kappa shape index (κ1) is 7.66. The van der Waals surface area contributed by atoms with E-state index in [9.17, 15) is 0 Å². The summed E-state index contributed by atoms with van der Waals surface area (Å²) in [4.78, 5) is 0. The van der Waals surface area contributed by atoms with Crippen LogP contribution in [0.5, 0.6) is 0 Å². The summed E-state index contributed by atoms with van der Waals surface area (Å²) in [6.07, 6.45) is 7.88. The van der Waals surface area contributed by atoms with Crippen molar-refractivity contribution in [1.82, 2.24) is 0 Å². The second kappa shape index (κ2) is 4.39. The maximum Gasteiger partial charge on any atom is 0.0126 e. The molecule has 0 saturated heterocycles. The summed E-state index contributed by atoms with van der Waals surface area (Å²) in [5.74, 6) is 7.19. The van der Waals surface area contributed by atoms with Crippen LogP contribution in [0.1, 0.15) is 45.4 Å². The molecule has 0 spiro atoms. The third-order valence-corrected chi connectivity index (χ3v) is 2.12. The lowest BCUT2D eigenvalue weighted by molar-refractivity contribution is 0.489. The first-order chi connectivity index (χ1) is 4.93. The molecule has 0 atom stereocenters. The number of hydrogen-bond donors (Lipinski definition) is 0. The highest BCUT2D eigenvalue weighted by molar-refractivity contribution is 5.08. The van der Waals surface area contributed by atoms with Crippen molar-refractivity contribution in [2.75, 3.05) is 0 Å². The molecule has 0 bridgehead atoms. The lowest BCUT2D eigenvalue weighted by Gasteiger charge is -2.05. The van der Waals surface area contributed by atoms with Crippen LogP contribution in [0.2, 0.25) is 0 Å². The average molecular weight is 136 g/mol. The minimum Gasteiger partial charge on any atom is -0.103 e. The largest absolute Gasteiger partial charge is 0.103 e. The van der Waals surface area contributed by atoms with E-state index in [0.717, 1.165) is 5.92 Å². The maximum absolute atomic E-state index is 3.15. The van der Waals surface area contributed by atoms with E-state index in [1.807, 2.05) is 0 Å². The second-order valence-corrected chi connectivity index (χ2v) is 3.12. The van der Waals surface area contributed by atoms with E-state index in [1.165, 1.54) is 38.5 Å². The Morgan fingerprint density at radius 1 is 1.20 bits per heavy atom. The van der Waals surface area contributed by atoms with E-state index in [2.05, 4.69) is 18.8 Å². The fourth-order valence-corrected chi connectivity index (χ4v) is 1.39. The lowest BCUT2D eigenvalue weighted by Crippen LogP contribution is -1.93. The van der Waals surface area contributed by atoms with Gasteiger partial charge in [0.25, 0.3) is 0 Å². The summed E-state index contributed by atoms with van der Waals surface area (Å²) in [6, 6.07) is 0. The molecule has 0 aromatic heterocycles. The van der Waals surface area contributed by atoms with Crippen LogP contribution in [0.25, 0.3) is 0 Å². The van der Waals surface area contributed by atoms with Crippen LogP contribution in [0.15, 0.2) is 0 Å².